The Morgan fingerprint density at radius 3 is 3.07 bits per heavy atom. The van der Waals surface area contributed by atoms with Gasteiger partial charge in [0.15, 0.2) is 5.82 Å². The van der Waals surface area contributed by atoms with Crippen molar-refractivity contribution in [1.82, 2.24) is 29.5 Å². The lowest BCUT2D eigenvalue weighted by Gasteiger charge is -2.27. The number of aryl methyl sites for hydroxylation is 1. The monoisotopic (exact) mass is 408 g/mol. The molecule has 9 heteroatoms. The van der Waals surface area contributed by atoms with Crippen LogP contribution in [0.3, 0.4) is 0 Å². The molecule has 0 unspecified atom stereocenters. The summed E-state index contributed by atoms with van der Waals surface area (Å²) in [6, 6.07) is 3.80. The number of carbonyl (C=O) groups excluding carboxylic acids is 2. The van der Waals surface area contributed by atoms with Crippen LogP contribution < -0.4 is 0 Å². The highest BCUT2D eigenvalue weighted by Crippen LogP contribution is 2.52. The predicted molar refractivity (Wildman–Crippen MR) is 106 cm³/mol. The first-order chi connectivity index (χ1) is 14.5. The summed E-state index contributed by atoms with van der Waals surface area (Å²) in [5, 5.41) is 8.04. The van der Waals surface area contributed by atoms with Crippen LogP contribution in [-0.2, 0) is 34.0 Å². The Morgan fingerprint density at radius 2 is 2.30 bits per heavy atom. The fourth-order valence-corrected chi connectivity index (χ4v) is 4.92. The van der Waals surface area contributed by atoms with E-state index in [2.05, 4.69) is 15.2 Å². The molecule has 0 N–H and O–H groups in total. The average molecular weight is 408 g/mol. The van der Waals surface area contributed by atoms with E-state index in [1.807, 2.05) is 35.8 Å². The third-order valence-corrected chi connectivity index (χ3v) is 6.35. The van der Waals surface area contributed by atoms with Gasteiger partial charge in [0.05, 0.1) is 31.0 Å². The average Bonchev–Trinajstić information content (AvgIpc) is 3.50. The summed E-state index contributed by atoms with van der Waals surface area (Å²) < 4.78 is 8.12. The Hall–Kier alpha value is -3.07. The van der Waals surface area contributed by atoms with Gasteiger partial charge in [-0.1, -0.05) is 18.2 Å². The van der Waals surface area contributed by atoms with Crippen molar-refractivity contribution in [3.05, 3.63) is 54.4 Å². The van der Waals surface area contributed by atoms with Crippen molar-refractivity contribution >= 4 is 11.8 Å². The second-order valence-corrected chi connectivity index (χ2v) is 8.18. The van der Waals surface area contributed by atoms with Crippen molar-refractivity contribution in [1.29, 1.82) is 0 Å². The van der Waals surface area contributed by atoms with Crippen LogP contribution in [0, 0.1) is 11.8 Å². The molecule has 4 atom stereocenters. The molecule has 2 bridgehead atoms. The van der Waals surface area contributed by atoms with Crippen LogP contribution in [-0.4, -0.2) is 66.7 Å². The molecule has 30 heavy (non-hydrogen) atoms. The fourth-order valence-electron chi connectivity index (χ4n) is 4.92. The summed E-state index contributed by atoms with van der Waals surface area (Å²) in [4.78, 5) is 34.2. The van der Waals surface area contributed by atoms with Gasteiger partial charge in [0.2, 0.25) is 11.8 Å². The van der Waals surface area contributed by atoms with E-state index in [0.29, 0.717) is 19.6 Å². The van der Waals surface area contributed by atoms with Crippen LogP contribution in [0.2, 0.25) is 0 Å². The van der Waals surface area contributed by atoms with Crippen molar-refractivity contribution in [3.8, 4) is 0 Å². The first-order valence-electron chi connectivity index (χ1n) is 10.2. The molecule has 3 aliphatic rings. The summed E-state index contributed by atoms with van der Waals surface area (Å²) in [6.45, 7) is 3.99. The lowest BCUT2D eigenvalue weighted by Crippen LogP contribution is -2.44. The zero-order chi connectivity index (χ0) is 20.9. The zero-order valence-electron chi connectivity index (χ0n) is 17.0. The Bertz CT molecular complexity index is 1010. The highest BCUT2D eigenvalue weighted by molar-refractivity contribution is 5.92. The molecular weight excluding hydrogens is 384 g/mol. The number of pyridine rings is 1. The quantitative estimate of drug-likeness (QED) is 0.651. The minimum absolute atomic E-state index is 0.0332. The van der Waals surface area contributed by atoms with Gasteiger partial charge in [-0.25, -0.2) is 0 Å². The van der Waals surface area contributed by atoms with Crippen molar-refractivity contribution in [3.63, 3.8) is 0 Å². The van der Waals surface area contributed by atoms with Gasteiger partial charge in [-0.15, -0.1) is 10.2 Å². The Morgan fingerprint density at radius 1 is 1.43 bits per heavy atom. The largest absolute Gasteiger partial charge is 0.360 e. The van der Waals surface area contributed by atoms with Gasteiger partial charge in [-0.05, 0) is 18.6 Å². The van der Waals surface area contributed by atoms with E-state index in [-0.39, 0.29) is 17.9 Å². The number of hydrogen-bond donors (Lipinski definition) is 0. The van der Waals surface area contributed by atoms with Gasteiger partial charge in [0.1, 0.15) is 11.9 Å². The molecule has 2 aromatic heterocycles. The van der Waals surface area contributed by atoms with Gasteiger partial charge in [-0.2, -0.15) is 0 Å². The van der Waals surface area contributed by atoms with Crippen molar-refractivity contribution < 1.29 is 14.3 Å². The number of nitrogens with zero attached hydrogens (tertiary/aromatic N) is 6. The summed E-state index contributed by atoms with van der Waals surface area (Å²) in [6.07, 6.45) is 8.66. The third kappa shape index (κ3) is 2.84. The van der Waals surface area contributed by atoms with Gasteiger partial charge < -0.3 is 19.1 Å². The molecule has 1 spiro atoms. The second-order valence-electron chi connectivity index (χ2n) is 8.18. The third-order valence-electron chi connectivity index (χ3n) is 6.35. The number of ether oxygens (including phenoxy) is 1. The van der Waals surface area contributed by atoms with Gasteiger partial charge in [0, 0.05) is 32.5 Å². The predicted octanol–water partition coefficient (Wildman–Crippen LogP) is 0.634. The second kappa shape index (κ2) is 7.02. The van der Waals surface area contributed by atoms with Crippen LogP contribution in [0.15, 0.2) is 43.0 Å². The molecule has 2 saturated heterocycles. The molecule has 0 radical (unpaired) electrons. The van der Waals surface area contributed by atoms with Crippen molar-refractivity contribution in [2.45, 2.75) is 38.3 Å². The number of amides is 2. The molecule has 0 saturated carbocycles. The first-order valence-corrected chi connectivity index (χ1v) is 10.2. The molecule has 156 valence electrons. The molecule has 2 amide bonds. The lowest BCUT2D eigenvalue weighted by atomic mass is 9.76. The van der Waals surface area contributed by atoms with Crippen LogP contribution in [0.25, 0.3) is 0 Å². The Labute approximate surface area is 174 Å². The zero-order valence-corrected chi connectivity index (χ0v) is 17.0. The molecule has 3 aliphatic heterocycles. The number of fused-ring (bicyclic) bond motifs is 1. The number of rotatable bonds is 6. The highest BCUT2D eigenvalue weighted by Gasteiger charge is 2.67. The van der Waals surface area contributed by atoms with Crippen LogP contribution in [0.1, 0.15) is 18.3 Å². The first kappa shape index (κ1) is 18.9. The van der Waals surface area contributed by atoms with Crippen molar-refractivity contribution in [2.75, 3.05) is 13.6 Å². The van der Waals surface area contributed by atoms with E-state index >= 15 is 0 Å². The molecule has 5 heterocycles. The molecule has 2 fully saturated rings. The van der Waals surface area contributed by atoms with Gasteiger partial charge in [0.25, 0.3) is 0 Å². The minimum atomic E-state index is -0.714. The molecule has 9 nitrogen and oxygen atoms in total. The van der Waals surface area contributed by atoms with Crippen LogP contribution in [0.4, 0.5) is 0 Å². The van der Waals surface area contributed by atoms with Crippen LogP contribution in [0.5, 0.6) is 0 Å². The van der Waals surface area contributed by atoms with E-state index in [0.717, 1.165) is 17.9 Å². The standard InChI is InChI=1S/C21H24N6O3/c1-3-26-13-23-24-16(26)11-25(2)19(28)17-15-6-7-21(30-15)12-27(20(29)18(17)21)10-14-5-4-8-22-9-14/h4-9,13,15,17-18H,3,10-12H2,1-2H3/t15-,17-,18-,21-/m0/s1. The van der Waals surface area contributed by atoms with Crippen LogP contribution >= 0.6 is 0 Å². The molecular formula is C21H24N6O3. The van der Waals surface area contributed by atoms with Crippen molar-refractivity contribution in [2.24, 2.45) is 11.8 Å². The maximum Gasteiger partial charge on any atom is 0.230 e. The highest BCUT2D eigenvalue weighted by atomic mass is 16.5. The molecule has 0 aromatic carbocycles. The SMILES string of the molecule is CCn1cnnc1CN(C)C(=O)[C@H]1[C@@H]2C=C[C@@]3(CN(Cc4cccnc4)C(=O)[C@H]13)O2. The number of aromatic nitrogens is 4. The lowest BCUT2D eigenvalue weighted by molar-refractivity contribution is -0.143. The number of hydrogen-bond acceptors (Lipinski definition) is 6. The number of carbonyl (C=O) groups is 2. The summed E-state index contributed by atoms with van der Waals surface area (Å²) in [7, 11) is 1.74. The summed E-state index contributed by atoms with van der Waals surface area (Å²) in [5.41, 5.74) is 0.244. The van der Waals surface area contributed by atoms with E-state index in [1.165, 1.54) is 0 Å². The van der Waals surface area contributed by atoms with E-state index < -0.39 is 17.4 Å². The molecule has 5 rings (SSSR count). The normalized spacial score (nSPS) is 28.9. The van der Waals surface area contributed by atoms with Gasteiger partial charge >= 0.3 is 0 Å². The maximum absolute atomic E-state index is 13.4. The molecule has 0 aliphatic carbocycles. The molecule has 2 aromatic rings. The van der Waals surface area contributed by atoms with Gasteiger partial charge in [-0.3, -0.25) is 14.6 Å². The Kier molecular flexibility index (Phi) is 4.43. The summed E-state index contributed by atoms with van der Waals surface area (Å²) >= 11 is 0. The fraction of sp³-hybridized carbons (Fsp3) is 0.476. The Balaban J connectivity index is 1.36. The summed E-state index contributed by atoms with van der Waals surface area (Å²) in [5.74, 6) is -0.432. The maximum atomic E-state index is 13.4. The van der Waals surface area contributed by atoms with E-state index in [1.54, 1.807) is 35.6 Å². The van der Waals surface area contributed by atoms with E-state index in [9.17, 15) is 9.59 Å². The topological polar surface area (TPSA) is 93.5 Å². The number of likely N-dealkylation sites (tertiary alicyclic amines) is 1. The smallest absolute Gasteiger partial charge is 0.230 e. The minimum Gasteiger partial charge on any atom is -0.360 e. The van der Waals surface area contributed by atoms with E-state index in [4.69, 9.17) is 4.74 Å².